The van der Waals surface area contributed by atoms with Crippen molar-refractivity contribution in [3.05, 3.63) is 22.7 Å². The maximum atomic E-state index is 12.6. The molecule has 0 atom stereocenters. The summed E-state index contributed by atoms with van der Waals surface area (Å²) in [4.78, 5) is 25.1. The predicted octanol–water partition coefficient (Wildman–Crippen LogP) is 3.04. The van der Waals surface area contributed by atoms with Crippen LogP contribution in [0.5, 0.6) is 11.5 Å². The van der Waals surface area contributed by atoms with Crippen molar-refractivity contribution in [2.45, 2.75) is 51.0 Å². The third-order valence-corrected chi connectivity index (χ3v) is 5.05. The average molecular weight is 382 g/mol. The second-order valence-corrected chi connectivity index (χ2v) is 7.10. The van der Waals surface area contributed by atoms with Crippen LogP contribution in [0, 0.1) is 0 Å². The first kappa shape index (κ1) is 18.8. The molecule has 1 N–H and O–H groups in total. The van der Waals surface area contributed by atoms with E-state index in [-0.39, 0.29) is 18.3 Å². The smallest absolute Gasteiger partial charge is 0.331 e. The zero-order valence-corrected chi connectivity index (χ0v) is 15.7. The summed E-state index contributed by atoms with van der Waals surface area (Å²) in [6.45, 7) is 2.97. The molecule has 0 saturated heterocycles. The molecule has 3 rings (SSSR count). The lowest BCUT2D eigenvalue weighted by Gasteiger charge is -2.35. The molecule has 0 aromatic heterocycles. The van der Waals surface area contributed by atoms with Crippen molar-refractivity contribution in [3.63, 3.8) is 0 Å². The summed E-state index contributed by atoms with van der Waals surface area (Å²) < 4.78 is 16.3. The number of esters is 1. The average Bonchev–Trinajstić information content (AvgIpc) is 2.62. The van der Waals surface area contributed by atoms with E-state index in [1.165, 1.54) is 0 Å². The standard InChI is InChI=1S/C19H24ClNO5/c1-2-24-18(23)19(6-4-3-5-7-19)21-16(22)12-13-10-14(20)17-15(11-13)25-8-9-26-17/h10-11H,2-9,12H2,1H3,(H,21,22). The van der Waals surface area contributed by atoms with Crippen LogP contribution in [0.4, 0.5) is 0 Å². The summed E-state index contributed by atoms with van der Waals surface area (Å²) in [5.41, 5.74) is -0.199. The number of benzene rings is 1. The van der Waals surface area contributed by atoms with Crippen LogP contribution in [0.1, 0.15) is 44.6 Å². The van der Waals surface area contributed by atoms with Gasteiger partial charge in [-0.05, 0) is 37.5 Å². The highest BCUT2D eigenvalue weighted by Gasteiger charge is 2.42. The number of rotatable bonds is 5. The van der Waals surface area contributed by atoms with Gasteiger partial charge in [-0.2, -0.15) is 0 Å². The van der Waals surface area contributed by atoms with Crippen molar-refractivity contribution in [1.29, 1.82) is 0 Å². The Kier molecular flexibility index (Phi) is 5.91. The van der Waals surface area contributed by atoms with Gasteiger partial charge in [0.2, 0.25) is 5.91 Å². The summed E-state index contributed by atoms with van der Waals surface area (Å²) in [6.07, 6.45) is 4.19. The number of fused-ring (bicyclic) bond motifs is 1. The summed E-state index contributed by atoms with van der Waals surface area (Å²) in [5.74, 6) is 0.489. The molecule has 0 bridgehead atoms. The molecular weight excluding hydrogens is 358 g/mol. The van der Waals surface area contributed by atoms with E-state index in [2.05, 4.69) is 5.32 Å². The quantitative estimate of drug-likeness (QED) is 0.793. The maximum Gasteiger partial charge on any atom is 0.331 e. The molecule has 1 saturated carbocycles. The Morgan fingerprint density at radius 1 is 1.19 bits per heavy atom. The molecule has 0 radical (unpaired) electrons. The van der Waals surface area contributed by atoms with E-state index < -0.39 is 5.54 Å². The molecule has 6 nitrogen and oxygen atoms in total. The molecule has 1 heterocycles. The van der Waals surface area contributed by atoms with Crippen molar-refractivity contribution in [1.82, 2.24) is 5.32 Å². The van der Waals surface area contributed by atoms with Gasteiger partial charge in [0.25, 0.3) is 0 Å². The Balaban J connectivity index is 1.72. The molecule has 0 unspecified atom stereocenters. The van der Waals surface area contributed by atoms with E-state index >= 15 is 0 Å². The lowest BCUT2D eigenvalue weighted by atomic mass is 9.81. The van der Waals surface area contributed by atoms with Crippen molar-refractivity contribution >= 4 is 23.5 Å². The predicted molar refractivity (Wildman–Crippen MR) is 96.7 cm³/mol. The Morgan fingerprint density at radius 2 is 1.92 bits per heavy atom. The van der Waals surface area contributed by atoms with E-state index in [0.717, 1.165) is 19.3 Å². The van der Waals surface area contributed by atoms with Gasteiger partial charge in [0, 0.05) is 0 Å². The highest BCUT2D eigenvalue weighted by atomic mass is 35.5. The van der Waals surface area contributed by atoms with E-state index in [4.69, 9.17) is 25.8 Å². The molecule has 1 aromatic carbocycles. The number of amides is 1. The van der Waals surface area contributed by atoms with Gasteiger partial charge in [0.15, 0.2) is 11.5 Å². The second kappa shape index (κ2) is 8.16. The van der Waals surface area contributed by atoms with Crippen LogP contribution in [-0.4, -0.2) is 37.2 Å². The molecule has 1 aromatic rings. The first-order valence-electron chi connectivity index (χ1n) is 9.10. The molecule has 26 heavy (non-hydrogen) atoms. The highest BCUT2D eigenvalue weighted by molar-refractivity contribution is 6.32. The van der Waals surface area contributed by atoms with Gasteiger partial charge < -0.3 is 19.5 Å². The van der Waals surface area contributed by atoms with Gasteiger partial charge in [0.1, 0.15) is 18.8 Å². The van der Waals surface area contributed by atoms with Gasteiger partial charge in [-0.25, -0.2) is 4.79 Å². The third kappa shape index (κ3) is 4.06. The number of nitrogens with one attached hydrogen (secondary N) is 1. The number of ether oxygens (including phenoxy) is 3. The Morgan fingerprint density at radius 3 is 2.65 bits per heavy atom. The van der Waals surface area contributed by atoms with E-state index in [9.17, 15) is 9.59 Å². The fourth-order valence-corrected chi connectivity index (χ4v) is 3.86. The van der Waals surface area contributed by atoms with Crippen LogP contribution in [0.25, 0.3) is 0 Å². The number of halogens is 1. The molecular formula is C19H24ClNO5. The van der Waals surface area contributed by atoms with Crippen LogP contribution in [0.2, 0.25) is 5.02 Å². The van der Waals surface area contributed by atoms with Gasteiger partial charge in [-0.3, -0.25) is 4.79 Å². The summed E-state index contributed by atoms with van der Waals surface area (Å²) in [6, 6.07) is 3.46. The zero-order valence-electron chi connectivity index (χ0n) is 14.9. The molecule has 1 amide bonds. The number of hydrogen-bond acceptors (Lipinski definition) is 5. The van der Waals surface area contributed by atoms with Crippen LogP contribution in [0.3, 0.4) is 0 Å². The van der Waals surface area contributed by atoms with Gasteiger partial charge in [-0.15, -0.1) is 0 Å². The number of hydrogen-bond donors (Lipinski definition) is 1. The molecule has 1 aliphatic carbocycles. The van der Waals surface area contributed by atoms with Crippen LogP contribution in [0.15, 0.2) is 12.1 Å². The van der Waals surface area contributed by atoms with E-state index in [1.807, 2.05) is 0 Å². The Labute approximate surface area is 158 Å². The van der Waals surface area contributed by atoms with Gasteiger partial charge in [0.05, 0.1) is 18.1 Å². The van der Waals surface area contributed by atoms with Crippen molar-refractivity contribution in [3.8, 4) is 11.5 Å². The highest BCUT2D eigenvalue weighted by Crippen LogP contribution is 2.38. The van der Waals surface area contributed by atoms with Gasteiger partial charge in [-0.1, -0.05) is 30.9 Å². The first-order chi connectivity index (χ1) is 12.5. The van der Waals surface area contributed by atoms with Crippen LogP contribution in [-0.2, 0) is 20.7 Å². The van der Waals surface area contributed by atoms with E-state index in [1.54, 1.807) is 19.1 Å². The molecule has 142 valence electrons. The Bertz CT molecular complexity index is 685. The largest absolute Gasteiger partial charge is 0.486 e. The summed E-state index contributed by atoms with van der Waals surface area (Å²) >= 11 is 6.23. The number of carbonyl (C=O) groups excluding carboxylic acids is 2. The summed E-state index contributed by atoms with van der Waals surface area (Å²) in [7, 11) is 0. The zero-order chi connectivity index (χ0) is 18.6. The SMILES string of the molecule is CCOC(=O)C1(NC(=O)Cc2cc(Cl)c3c(c2)OCCO3)CCCCC1. The van der Waals surface area contributed by atoms with Crippen LogP contribution < -0.4 is 14.8 Å². The fraction of sp³-hybridized carbons (Fsp3) is 0.579. The fourth-order valence-electron chi connectivity index (χ4n) is 3.57. The van der Waals surface area contributed by atoms with Crippen molar-refractivity contribution < 1.29 is 23.8 Å². The van der Waals surface area contributed by atoms with Crippen molar-refractivity contribution in [2.24, 2.45) is 0 Å². The normalized spacial score (nSPS) is 18.1. The second-order valence-electron chi connectivity index (χ2n) is 6.69. The lowest BCUT2D eigenvalue weighted by molar-refractivity contribution is -0.155. The monoisotopic (exact) mass is 381 g/mol. The molecule has 1 fully saturated rings. The Hall–Kier alpha value is -1.95. The maximum absolute atomic E-state index is 12.6. The number of carbonyl (C=O) groups is 2. The third-order valence-electron chi connectivity index (χ3n) is 4.77. The van der Waals surface area contributed by atoms with Crippen molar-refractivity contribution in [2.75, 3.05) is 19.8 Å². The topological polar surface area (TPSA) is 73.9 Å². The first-order valence-corrected chi connectivity index (χ1v) is 9.48. The lowest BCUT2D eigenvalue weighted by Crippen LogP contribution is -2.56. The minimum absolute atomic E-state index is 0.109. The minimum Gasteiger partial charge on any atom is -0.486 e. The van der Waals surface area contributed by atoms with E-state index in [0.29, 0.717) is 54.7 Å². The molecule has 0 spiro atoms. The summed E-state index contributed by atoms with van der Waals surface area (Å²) in [5, 5.41) is 3.36. The van der Waals surface area contributed by atoms with Gasteiger partial charge >= 0.3 is 5.97 Å². The van der Waals surface area contributed by atoms with Crippen LogP contribution >= 0.6 is 11.6 Å². The molecule has 7 heteroatoms. The molecule has 1 aliphatic heterocycles. The molecule has 2 aliphatic rings. The minimum atomic E-state index is -0.914.